The first-order valence-corrected chi connectivity index (χ1v) is 10.1. The summed E-state index contributed by atoms with van der Waals surface area (Å²) in [5, 5.41) is 2.99. The molecule has 1 aliphatic carbocycles. The summed E-state index contributed by atoms with van der Waals surface area (Å²) >= 11 is 0. The molecule has 0 bridgehead atoms. The number of carbonyl (C=O) groups excluding carboxylic acids is 2. The van der Waals surface area contributed by atoms with Gasteiger partial charge in [-0.05, 0) is 75.6 Å². The molecule has 5 nitrogen and oxygen atoms in total. The smallest absolute Gasteiger partial charge is 0.240 e. The van der Waals surface area contributed by atoms with Crippen LogP contribution in [0.5, 0.6) is 0 Å². The van der Waals surface area contributed by atoms with E-state index in [1.165, 1.54) is 31.4 Å². The van der Waals surface area contributed by atoms with E-state index in [4.69, 9.17) is 0 Å². The number of rotatable bonds is 4. The number of benzene rings is 1. The summed E-state index contributed by atoms with van der Waals surface area (Å²) in [7, 11) is 0. The summed E-state index contributed by atoms with van der Waals surface area (Å²) in [5.41, 5.74) is 1.20. The van der Waals surface area contributed by atoms with Crippen molar-refractivity contribution in [2.24, 2.45) is 5.41 Å². The van der Waals surface area contributed by atoms with Crippen molar-refractivity contribution in [2.45, 2.75) is 51.4 Å². The Labute approximate surface area is 155 Å². The number of hydrogen-bond donors (Lipinski definition) is 1. The first-order chi connectivity index (χ1) is 12.7. The molecule has 2 amide bonds. The number of amides is 2. The summed E-state index contributed by atoms with van der Waals surface area (Å²) < 4.78 is 0. The largest absolute Gasteiger partial charge is 0.372 e. The van der Waals surface area contributed by atoms with E-state index in [1.807, 2.05) is 17.0 Å². The molecule has 1 aromatic carbocycles. The van der Waals surface area contributed by atoms with Crippen LogP contribution in [-0.2, 0) is 9.59 Å². The van der Waals surface area contributed by atoms with E-state index in [9.17, 15) is 9.59 Å². The van der Waals surface area contributed by atoms with Crippen LogP contribution < -0.4 is 10.2 Å². The normalized spacial score (nSPS) is 22.0. The van der Waals surface area contributed by atoms with Crippen molar-refractivity contribution in [3.05, 3.63) is 24.3 Å². The lowest BCUT2D eigenvalue weighted by Gasteiger charge is -2.30. The zero-order valence-electron chi connectivity index (χ0n) is 15.5. The van der Waals surface area contributed by atoms with Crippen molar-refractivity contribution >= 4 is 23.2 Å². The van der Waals surface area contributed by atoms with Crippen LogP contribution in [0.3, 0.4) is 0 Å². The second-order valence-corrected chi connectivity index (χ2v) is 7.98. The van der Waals surface area contributed by atoms with Crippen molar-refractivity contribution in [1.82, 2.24) is 4.90 Å². The second-order valence-electron chi connectivity index (χ2n) is 7.98. The highest BCUT2D eigenvalue weighted by molar-refractivity contribution is 6.13. The Morgan fingerprint density at radius 1 is 0.808 bits per heavy atom. The predicted octanol–water partition coefficient (Wildman–Crippen LogP) is 3.41. The van der Waals surface area contributed by atoms with Gasteiger partial charge in [-0.25, -0.2) is 0 Å². The summed E-state index contributed by atoms with van der Waals surface area (Å²) in [6, 6.07) is 8.08. The fourth-order valence-electron chi connectivity index (χ4n) is 4.22. The van der Waals surface area contributed by atoms with Crippen LogP contribution in [0.1, 0.15) is 51.4 Å². The zero-order valence-corrected chi connectivity index (χ0v) is 15.5. The van der Waals surface area contributed by atoms with Gasteiger partial charge >= 0.3 is 0 Å². The highest BCUT2D eigenvalue weighted by Gasteiger charge is 2.58. The molecule has 3 fully saturated rings. The third kappa shape index (κ3) is 3.44. The van der Waals surface area contributed by atoms with Gasteiger partial charge in [0.05, 0.1) is 0 Å². The number of hydrogen-bond acceptors (Lipinski definition) is 3. The number of carbonyl (C=O) groups is 2. The molecule has 0 atom stereocenters. The van der Waals surface area contributed by atoms with E-state index in [0.717, 1.165) is 44.7 Å². The Bertz CT molecular complexity index is 654. The standard InChI is InChI=1S/C21H29N3O2/c25-19(21(11-12-21)20(26)24-15-5-2-6-16-24)22-17-7-9-18(10-8-17)23-13-3-1-4-14-23/h7-10H,1-6,11-16H2,(H,22,25). The van der Waals surface area contributed by atoms with Crippen LogP contribution in [0.15, 0.2) is 24.3 Å². The number of nitrogens with zero attached hydrogens (tertiary/aromatic N) is 2. The fraction of sp³-hybridized carbons (Fsp3) is 0.619. The second kappa shape index (κ2) is 7.29. The maximum atomic E-state index is 12.8. The minimum atomic E-state index is -0.803. The van der Waals surface area contributed by atoms with E-state index < -0.39 is 5.41 Å². The minimum absolute atomic E-state index is 0.0413. The number of likely N-dealkylation sites (tertiary alicyclic amines) is 1. The van der Waals surface area contributed by atoms with Crippen molar-refractivity contribution in [2.75, 3.05) is 36.4 Å². The Morgan fingerprint density at radius 3 is 1.96 bits per heavy atom. The molecule has 4 rings (SSSR count). The van der Waals surface area contributed by atoms with E-state index >= 15 is 0 Å². The van der Waals surface area contributed by atoms with Crippen molar-refractivity contribution in [1.29, 1.82) is 0 Å². The van der Waals surface area contributed by atoms with Crippen LogP contribution in [0, 0.1) is 5.41 Å². The predicted molar refractivity (Wildman–Crippen MR) is 103 cm³/mol. The molecular weight excluding hydrogens is 326 g/mol. The quantitative estimate of drug-likeness (QED) is 0.842. The van der Waals surface area contributed by atoms with Gasteiger partial charge in [0.25, 0.3) is 0 Å². The minimum Gasteiger partial charge on any atom is -0.372 e. The highest BCUT2D eigenvalue weighted by atomic mass is 16.2. The van der Waals surface area contributed by atoms with Crippen molar-refractivity contribution < 1.29 is 9.59 Å². The molecule has 26 heavy (non-hydrogen) atoms. The zero-order chi connectivity index (χ0) is 18.0. The van der Waals surface area contributed by atoms with Gasteiger partial charge in [-0.1, -0.05) is 0 Å². The van der Waals surface area contributed by atoms with E-state index in [0.29, 0.717) is 12.8 Å². The molecular formula is C21H29N3O2. The summed E-state index contributed by atoms with van der Waals surface area (Å²) in [6.07, 6.45) is 8.48. The Kier molecular flexibility index (Phi) is 4.88. The lowest BCUT2D eigenvalue weighted by atomic mass is 10.0. The van der Waals surface area contributed by atoms with Crippen molar-refractivity contribution in [3.8, 4) is 0 Å². The molecule has 0 spiro atoms. The van der Waals surface area contributed by atoms with Gasteiger partial charge in [0.2, 0.25) is 11.8 Å². The Balaban J connectivity index is 1.38. The Morgan fingerprint density at radius 2 is 1.38 bits per heavy atom. The van der Waals surface area contributed by atoms with E-state index in [2.05, 4.69) is 22.3 Å². The molecule has 1 aromatic rings. The lowest BCUT2D eigenvalue weighted by Crippen LogP contribution is -2.45. The summed E-state index contributed by atoms with van der Waals surface area (Å²) in [5.74, 6) is -0.0848. The van der Waals surface area contributed by atoms with Crippen molar-refractivity contribution in [3.63, 3.8) is 0 Å². The molecule has 5 heteroatoms. The molecule has 0 unspecified atom stereocenters. The van der Waals surface area contributed by atoms with Crippen LogP contribution in [-0.4, -0.2) is 42.9 Å². The van der Waals surface area contributed by atoms with Gasteiger partial charge in [-0.2, -0.15) is 0 Å². The Hall–Kier alpha value is -2.04. The van der Waals surface area contributed by atoms with Gasteiger partial charge in [0.15, 0.2) is 0 Å². The van der Waals surface area contributed by atoms with Gasteiger partial charge in [0.1, 0.15) is 5.41 Å². The molecule has 2 saturated heterocycles. The SMILES string of the molecule is O=C(Nc1ccc(N2CCCCC2)cc1)C1(C(=O)N2CCCCC2)CC1. The van der Waals surface area contributed by atoms with Crippen LogP contribution in [0.4, 0.5) is 11.4 Å². The van der Waals surface area contributed by atoms with E-state index in [1.54, 1.807) is 0 Å². The van der Waals surface area contributed by atoms with E-state index in [-0.39, 0.29) is 11.8 Å². The average Bonchev–Trinajstić information content (AvgIpc) is 3.51. The summed E-state index contributed by atoms with van der Waals surface area (Å²) in [4.78, 5) is 29.9. The van der Waals surface area contributed by atoms with Gasteiger partial charge < -0.3 is 15.1 Å². The average molecular weight is 355 g/mol. The molecule has 2 heterocycles. The van der Waals surface area contributed by atoms with Crippen LogP contribution in [0.2, 0.25) is 0 Å². The first kappa shape index (κ1) is 17.4. The molecule has 140 valence electrons. The topological polar surface area (TPSA) is 52.7 Å². The van der Waals surface area contributed by atoms with Gasteiger partial charge in [-0.15, -0.1) is 0 Å². The first-order valence-electron chi connectivity index (χ1n) is 10.1. The number of piperidine rings is 2. The lowest BCUT2D eigenvalue weighted by molar-refractivity contribution is -0.143. The molecule has 1 N–H and O–H groups in total. The fourth-order valence-corrected chi connectivity index (χ4v) is 4.22. The summed E-state index contributed by atoms with van der Waals surface area (Å²) in [6.45, 7) is 3.83. The van der Waals surface area contributed by atoms with Gasteiger partial charge in [0, 0.05) is 37.6 Å². The van der Waals surface area contributed by atoms with Gasteiger partial charge in [-0.3, -0.25) is 9.59 Å². The maximum absolute atomic E-state index is 12.8. The third-order valence-electron chi connectivity index (χ3n) is 6.08. The molecule has 0 radical (unpaired) electrons. The third-order valence-corrected chi connectivity index (χ3v) is 6.08. The maximum Gasteiger partial charge on any atom is 0.240 e. The number of nitrogens with one attached hydrogen (secondary N) is 1. The molecule has 1 saturated carbocycles. The molecule has 2 aliphatic heterocycles. The van der Waals surface area contributed by atoms with Crippen LogP contribution >= 0.6 is 0 Å². The monoisotopic (exact) mass is 355 g/mol. The molecule has 0 aromatic heterocycles. The molecule has 3 aliphatic rings. The van der Waals surface area contributed by atoms with Crippen LogP contribution in [0.25, 0.3) is 0 Å². The highest BCUT2D eigenvalue weighted by Crippen LogP contribution is 2.48. The number of anilines is 2.